The number of hydrazone groups is 1. The number of hydrogen-bond acceptors (Lipinski definition) is 5. The molecule has 1 N–H and O–H groups in total. The fourth-order valence-corrected chi connectivity index (χ4v) is 4.49. The lowest BCUT2D eigenvalue weighted by molar-refractivity contribution is -0.119. The van der Waals surface area contributed by atoms with Gasteiger partial charge in [-0.2, -0.15) is 5.10 Å². The molecule has 3 aromatic rings. The average molecular weight is 472 g/mol. The molecular weight excluding hydrogens is 450 g/mol. The topological polar surface area (TPSA) is 88.1 Å². The molecule has 0 radical (unpaired) electrons. The number of benzene rings is 3. The SMILES string of the molecule is COc1ccccc1/C=N\NC(=O)CN(c1cccc(Cl)c1)S(=O)(=O)c1ccc(C)cc1. The Bertz CT molecular complexity index is 1230. The van der Waals surface area contributed by atoms with Gasteiger partial charge in [-0.1, -0.05) is 47.5 Å². The number of carbonyl (C=O) groups is 1. The van der Waals surface area contributed by atoms with Crippen molar-refractivity contribution in [3.8, 4) is 5.75 Å². The van der Waals surface area contributed by atoms with Crippen molar-refractivity contribution < 1.29 is 17.9 Å². The largest absolute Gasteiger partial charge is 0.496 e. The Hall–Kier alpha value is -3.36. The average Bonchev–Trinajstić information content (AvgIpc) is 2.78. The molecule has 0 fully saturated rings. The minimum Gasteiger partial charge on any atom is -0.496 e. The fourth-order valence-electron chi connectivity index (χ4n) is 2.90. The van der Waals surface area contributed by atoms with E-state index >= 15 is 0 Å². The van der Waals surface area contributed by atoms with E-state index in [1.807, 2.05) is 13.0 Å². The van der Waals surface area contributed by atoms with Crippen molar-refractivity contribution in [2.75, 3.05) is 18.0 Å². The maximum Gasteiger partial charge on any atom is 0.264 e. The minimum absolute atomic E-state index is 0.0633. The van der Waals surface area contributed by atoms with Crippen LogP contribution >= 0.6 is 11.6 Å². The number of methoxy groups -OCH3 is 1. The number of nitrogens with zero attached hydrogens (tertiary/aromatic N) is 2. The Labute approximate surface area is 192 Å². The van der Waals surface area contributed by atoms with Crippen LogP contribution < -0.4 is 14.5 Å². The van der Waals surface area contributed by atoms with E-state index in [0.29, 0.717) is 16.3 Å². The monoisotopic (exact) mass is 471 g/mol. The van der Waals surface area contributed by atoms with Crippen LogP contribution in [0.2, 0.25) is 5.02 Å². The first-order valence-corrected chi connectivity index (χ1v) is 11.4. The van der Waals surface area contributed by atoms with E-state index in [2.05, 4.69) is 10.5 Å². The Morgan fingerprint density at radius 1 is 1.09 bits per heavy atom. The number of rotatable bonds is 8. The molecule has 166 valence electrons. The first kappa shape index (κ1) is 23.3. The lowest BCUT2D eigenvalue weighted by Gasteiger charge is -2.24. The predicted octanol–water partition coefficient (Wildman–Crippen LogP) is 4.00. The summed E-state index contributed by atoms with van der Waals surface area (Å²) in [5.41, 5.74) is 4.21. The van der Waals surface area contributed by atoms with E-state index in [1.54, 1.807) is 48.5 Å². The Morgan fingerprint density at radius 2 is 1.81 bits per heavy atom. The number of anilines is 1. The van der Waals surface area contributed by atoms with Gasteiger partial charge in [0.05, 0.1) is 23.9 Å². The Morgan fingerprint density at radius 3 is 2.50 bits per heavy atom. The summed E-state index contributed by atoms with van der Waals surface area (Å²) in [5, 5.41) is 4.28. The normalized spacial score (nSPS) is 11.3. The summed E-state index contributed by atoms with van der Waals surface area (Å²) >= 11 is 6.06. The van der Waals surface area contributed by atoms with Crippen molar-refractivity contribution in [3.05, 3.63) is 88.9 Å². The molecule has 0 saturated heterocycles. The lowest BCUT2D eigenvalue weighted by Crippen LogP contribution is -2.39. The third kappa shape index (κ3) is 5.66. The zero-order valence-electron chi connectivity index (χ0n) is 17.5. The van der Waals surface area contributed by atoms with Crippen molar-refractivity contribution in [2.45, 2.75) is 11.8 Å². The summed E-state index contributed by atoms with van der Waals surface area (Å²) in [5.74, 6) is -0.0280. The highest BCUT2D eigenvalue weighted by Crippen LogP contribution is 2.26. The van der Waals surface area contributed by atoms with Gasteiger partial charge in [-0.25, -0.2) is 13.8 Å². The molecule has 1 amide bonds. The maximum absolute atomic E-state index is 13.3. The molecule has 0 bridgehead atoms. The summed E-state index contributed by atoms with van der Waals surface area (Å²) in [4.78, 5) is 12.7. The highest BCUT2D eigenvalue weighted by atomic mass is 35.5. The lowest BCUT2D eigenvalue weighted by atomic mass is 10.2. The zero-order chi connectivity index (χ0) is 23.1. The molecule has 0 aliphatic rings. The van der Waals surface area contributed by atoms with Crippen LogP contribution in [0.1, 0.15) is 11.1 Å². The fraction of sp³-hybridized carbons (Fsp3) is 0.130. The molecule has 0 heterocycles. The Balaban J connectivity index is 1.85. The second-order valence-electron chi connectivity index (χ2n) is 6.84. The predicted molar refractivity (Wildman–Crippen MR) is 126 cm³/mol. The first-order chi connectivity index (χ1) is 15.3. The summed E-state index contributed by atoms with van der Waals surface area (Å²) in [6.07, 6.45) is 1.43. The van der Waals surface area contributed by atoms with Crippen molar-refractivity contribution in [2.24, 2.45) is 5.10 Å². The van der Waals surface area contributed by atoms with Crippen molar-refractivity contribution in [1.29, 1.82) is 0 Å². The molecule has 0 unspecified atom stereocenters. The van der Waals surface area contributed by atoms with Crippen LogP contribution in [-0.4, -0.2) is 34.2 Å². The van der Waals surface area contributed by atoms with Gasteiger partial charge < -0.3 is 4.74 Å². The summed E-state index contributed by atoms with van der Waals surface area (Å²) in [7, 11) is -2.50. The van der Waals surface area contributed by atoms with Gasteiger partial charge >= 0.3 is 0 Å². The highest BCUT2D eigenvalue weighted by molar-refractivity contribution is 7.92. The van der Waals surface area contributed by atoms with E-state index < -0.39 is 22.5 Å². The molecule has 0 aliphatic heterocycles. The molecule has 0 saturated carbocycles. The van der Waals surface area contributed by atoms with Gasteiger partial charge in [-0.15, -0.1) is 0 Å². The first-order valence-electron chi connectivity index (χ1n) is 9.61. The molecule has 32 heavy (non-hydrogen) atoms. The third-order valence-corrected chi connectivity index (χ3v) is 6.55. The number of ether oxygens (including phenoxy) is 1. The van der Waals surface area contributed by atoms with Gasteiger partial charge in [0.1, 0.15) is 12.3 Å². The van der Waals surface area contributed by atoms with Crippen LogP contribution in [0.3, 0.4) is 0 Å². The van der Waals surface area contributed by atoms with Crippen LogP contribution in [-0.2, 0) is 14.8 Å². The number of amides is 1. The Kier molecular flexibility index (Phi) is 7.50. The molecule has 7 nitrogen and oxygen atoms in total. The van der Waals surface area contributed by atoms with E-state index in [4.69, 9.17) is 16.3 Å². The third-order valence-electron chi connectivity index (χ3n) is 4.52. The minimum atomic E-state index is -4.03. The van der Waals surface area contributed by atoms with Gasteiger partial charge in [-0.05, 0) is 49.4 Å². The molecule has 9 heteroatoms. The van der Waals surface area contributed by atoms with Gasteiger partial charge in [0.2, 0.25) is 0 Å². The van der Waals surface area contributed by atoms with E-state index in [0.717, 1.165) is 9.87 Å². The quantitative estimate of drug-likeness (QED) is 0.397. The summed E-state index contributed by atoms with van der Waals surface area (Å²) in [6.45, 7) is 1.37. The van der Waals surface area contributed by atoms with E-state index in [-0.39, 0.29) is 10.6 Å². The highest BCUT2D eigenvalue weighted by Gasteiger charge is 2.27. The molecule has 0 aliphatic carbocycles. The van der Waals surface area contributed by atoms with E-state index in [9.17, 15) is 13.2 Å². The number of aryl methyl sites for hydroxylation is 1. The molecular formula is C23H22ClN3O4S. The number of carbonyl (C=O) groups excluding carboxylic acids is 1. The second-order valence-corrected chi connectivity index (χ2v) is 9.14. The number of para-hydroxylation sites is 1. The standard InChI is InChI=1S/C23H22ClN3O4S/c1-17-10-12-21(13-11-17)32(29,30)27(20-8-5-7-19(24)14-20)16-23(28)26-25-15-18-6-3-4-9-22(18)31-2/h3-15H,16H2,1-2H3,(H,26,28)/b25-15-. The summed E-state index contributed by atoms with van der Waals surface area (Å²) < 4.78 is 32.9. The number of sulfonamides is 1. The number of halogens is 1. The van der Waals surface area contributed by atoms with Crippen LogP contribution in [0.5, 0.6) is 5.75 Å². The number of nitrogens with one attached hydrogen (secondary N) is 1. The van der Waals surface area contributed by atoms with Gasteiger partial charge in [0, 0.05) is 10.6 Å². The molecule has 3 rings (SSSR count). The van der Waals surface area contributed by atoms with Gasteiger partial charge in [0.15, 0.2) is 0 Å². The molecule has 0 aromatic heterocycles. The van der Waals surface area contributed by atoms with Gasteiger partial charge in [-0.3, -0.25) is 9.10 Å². The second kappa shape index (κ2) is 10.3. The smallest absolute Gasteiger partial charge is 0.264 e. The van der Waals surface area contributed by atoms with Crippen molar-refractivity contribution in [1.82, 2.24) is 5.43 Å². The van der Waals surface area contributed by atoms with Crippen LogP contribution in [0.25, 0.3) is 0 Å². The van der Waals surface area contributed by atoms with Crippen LogP contribution in [0, 0.1) is 6.92 Å². The van der Waals surface area contributed by atoms with Crippen LogP contribution in [0.15, 0.2) is 82.8 Å². The van der Waals surface area contributed by atoms with Crippen molar-refractivity contribution in [3.63, 3.8) is 0 Å². The molecule has 3 aromatic carbocycles. The molecule has 0 atom stereocenters. The van der Waals surface area contributed by atoms with Gasteiger partial charge in [0.25, 0.3) is 15.9 Å². The van der Waals surface area contributed by atoms with Crippen molar-refractivity contribution >= 4 is 39.4 Å². The maximum atomic E-state index is 13.3. The zero-order valence-corrected chi connectivity index (χ0v) is 19.1. The van der Waals surface area contributed by atoms with E-state index in [1.165, 1.54) is 31.5 Å². The number of hydrogen-bond donors (Lipinski definition) is 1. The molecule has 0 spiro atoms. The van der Waals surface area contributed by atoms with Crippen LogP contribution in [0.4, 0.5) is 5.69 Å². The summed E-state index contributed by atoms with van der Waals surface area (Å²) in [6, 6.07) is 19.8.